The van der Waals surface area contributed by atoms with Crippen LogP contribution in [0.25, 0.3) is 5.57 Å². The third kappa shape index (κ3) is 4.94. The Labute approximate surface area is 195 Å². The van der Waals surface area contributed by atoms with Gasteiger partial charge in [0.15, 0.2) is 0 Å². The van der Waals surface area contributed by atoms with Crippen molar-refractivity contribution in [3.05, 3.63) is 83.1 Å². The summed E-state index contributed by atoms with van der Waals surface area (Å²) in [5.41, 5.74) is 4.56. The first kappa shape index (κ1) is 24.1. The number of halogens is 1. The van der Waals surface area contributed by atoms with Crippen LogP contribution in [0.5, 0.6) is 0 Å². The van der Waals surface area contributed by atoms with E-state index in [2.05, 4.69) is 34.9 Å². The van der Waals surface area contributed by atoms with Crippen LogP contribution in [0.1, 0.15) is 49.6 Å². The third-order valence-corrected chi connectivity index (χ3v) is 5.93. The summed E-state index contributed by atoms with van der Waals surface area (Å²) in [5.74, 6) is 0.0203. The molecule has 2 N–H and O–H groups in total. The number of hydrogen-bond donors (Lipinski definition) is 2. The quantitative estimate of drug-likeness (QED) is 0.590. The predicted molar refractivity (Wildman–Crippen MR) is 131 cm³/mol. The molecule has 3 rings (SSSR count). The molecule has 0 fully saturated rings. The van der Waals surface area contributed by atoms with Crippen molar-refractivity contribution >= 4 is 22.9 Å². The number of fused-ring (bicyclic) bond motifs is 1. The van der Waals surface area contributed by atoms with Gasteiger partial charge >= 0.3 is 0 Å². The number of hydrogen-bond acceptors (Lipinski definition) is 5. The zero-order valence-corrected chi connectivity index (χ0v) is 20.0. The molecule has 1 unspecified atom stereocenters. The molecule has 32 heavy (non-hydrogen) atoms. The molecule has 0 bridgehead atoms. The Bertz CT molecular complexity index is 1080. The Morgan fingerprint density at radius 3 is 2.81 bits per heavy atom. The predicted octanol–water partition coefficient (Wildman–Crippen LogP) is 4.79. The Morgan fingerprint density at radius 1 is 1.47 bits per heavy atom. The molecule has 7 heteroatoms. The SMILES string of the molecule is C=CN=C1/C(=C\C)C=C([C@@H](NC(C)(O)COC)c2cncn2C)c2cc(Cl)ccc2[C@@H]1C. The van der Waals surface area contributed by atoms with Gasteiger partial charge in [0.05, 0.1) is 36.6 Å². The third-order valence-electron chi connectivity index (χ3n) is 5.69. The van der Waals surface area contributed by atoms with Gasteiger partial charge in [0.2, 0.25) is 0 Å². The number of rotatable bonds is 7. The minimum Gasteiger partial charge on any atom is -0.380 e. The van der Waals surface area contributed by atoms with E-state index in [0.717, 1.165) is 33.7 Å². The highest BCUT2D eigenvalue weighted by Gasteiger charge is 2.33. The summed E-state index contributed by atoms with van der Waals surface area (Å²) in [6.07, 6.45) is 9.27. The van der Waals surface area contributed by atoms with Crippen LogP contribution < -0.4 is 5.32 Å². The van der Waals surface area contributed by atoms with E-state index in [9.17, 15) is 5.11 Å². The van der Waals surface area contributed by atoms with Gasteiger partial charge in [-0.05, 0) is 54.3 Å². The fraction of sp³-hybridized carbons (Fsp3) is 0.360. The van der Waals surface area contributed by atoms with E-state index in [0.29, 0.717) is 5.02 Å². The first-order chi connectivity index (χ1) is 15.2. The van der Waals surface area contributed by atoms with Gasteiger partial charge in [-0.25, -0.2) is 4.98 Å². The maximum atomic E-state index is 11.0. The van der Waals surface area contributed by atoms with Gasteiger partial charge in [0, 0.05) is 31.3 Å². The van der Waals surface area contributed by atoms with E-state index in [1.165, 1.54) is 0 Å². The number of nitrogens with zero attached hydrogens (tertiary/aromatic N) is 3. The number of aryl methyl sites for hydroxylation is 1. The average molecular weight is 455 g/mol. The first-order valence-corrected chi connectivity index (χ1v) is 10.9. The number of aromatic nitrogens is 2. The summed E-state index contributed by atoms with van der Waals surface area (Å²) < 4.78 is 7.19. The molecule has 0 saturated heterocycles. The van der Waals surface area contributed by atoms with Gasteiger partial charge in [0.25, 0.3) is 0 Å². The van der Waals surface area contributed by atoms with E-state index in [-0.39, 0.29) is 12.5 Å². The summed E-state index contributed by atoms with van der Waals surface area (Å²) in [6.45, 7) is 9.74. The van der Waals surface area contributed by atoms with Crippen LogP contribution in [0.4, 0.5) is 0 Å². The number of methoxy groups -OCH3 is 1. The Morgan fingerprint density at radius 2 is 2.22 bits per heavy atom. The second-order valence-corrected chi connectivity index (χ2v) is 8.64. The van der Waals surface area contributed by atoms with Crippen molar-refractivity contribution in [2.24, 2.45) is 12.0 Å². The molecule has 0 aliphatic heterocycles. The van der Waals surface area contributed by atoms with Crippen molar-refractivity contribution in [1.82, 2.24) is 14.9 Å². The molecule has 2 aromatic rings. The van der Waals surface area contributed by atoms with Crippen LogP contribution in [0.2, 0.25) is 5.02 Å². The molecule has 0 spiro atoms. The molecule has 1 aliphatic carbocycles. The molecular weight excluding hydrogens is 424 g/mol. The minimum absolute atomic E-state index is 0.0203. The van der Waals surface area contributed by atoms with E-state index in [1.54, 1.807) is 32.8 Å². The Balaban J connectivity index is 2.31. The highest BCUT2D eigenvalue weighted by atomic mass is 35.5. The van der Waals surface area contributed by atoms with Crippen LogP contribution in [0.15, 0.2) is 66.2 Å². The lowest BCUT2D eigenvalue weighted by Gasteiger charge is -2.32. The smallest absolute Gasteiger partial charge is 0.137 e. The number of allylic oxidation sites excluding steroid dienone is 3. The highest BCUT2D eigenvalue weighted by molar-refractivity contribution is 6.30. The Kier molecular flexibility index (Phi) is 7.51. The monoisotopic (exact) mass is 454 g/mol. The number of ether oxygens (including phenoxy) is 1. The van der Waals surface area contributed by atoms with E-state index < -0.39 is 11.8 Å². The van der Waals surface area contributed by atoms with Gasteiger partial charge < -0.3 is 14.4 Å². The van der Waals surface area contributed by atoms with Crippen molar-refractivity contribution in [1.29, 1.82) is 0 Å². The van der Waals surface area contributed by atoms with Gasteiger partial charge in [0.1, 0.15) is 5.72 Å². The zero-order chi connectivity index (χ0) is 23.5. The molecule has 6 nitrogen and oxygen atoms in total. The van der Waals surface area contributed by atoms with Crippen molar-refractivity contribution < 1.29 is 9.84 Å². The summed E-state index contributed by atoms with van der Waals surface area (Å²) in [4.78, 5) is 8.92. The number of imidazole rings is 1. The Hall–Kier alpha value is -2.51. The summed E-state index contributed by atoms with van der Waals surface area (Å²) in [6, 6.07) is 5.52. The van der Waals surface area contributed by atoms with Gasteiger partial charge in [-0.3, -0.25) is 10.3 Å². The molecule has 170 valence electrons. The lowest BCUT2D eigenvalue weighted by Crippen LogP contribution is -2.48. The van der Waals surface area contributed by atoms with Crippen molar-refractivity contribution in [3.63, 3.8) is 0 Å². The van der Waals surface area contributed by atoms with Crippen molar-refractivity contribution in [3.8, 4) is 0 Å². The maximum Gasteiger partial charge on any atom is 0.137 e. The number of aliphatic imine (C=N–C) groups is 1. The topological polar surface area (TPSA) is 71.7 Å². The van der Waals surface area contributed by atoms with Crippen LogP contribution in [0.3, 0.4) is 0 Å². The molecular formula is C25H31ClN4O2. The van der Waals surface area contributed by atoms with E-state index in [1.807, 2.05) is 42.8 Å². The minimum atomic E-state index is -1.28. The molecule has 1 aromatic carbocycles. The maximum absolute atomic E-state index is 11.0. The first-order valence-electron chi connectivity index (χ1n) is 10.5. The standard InChI is InChI=1S/C25H31ClN4O2/c1-7-17-11-21(20-12-18(26)9-10-19(20)16(3)23(17)28-8-2)24(22-13-27-15-30(22)5)29-25(4,31)14-32-6/h7-13,15-16,24,29,31H,2,14H2,1,3-6H3/b17-7-,28-23?/t16-,24+,25?/m0/s1. The van der Waals surface area contributed by atoms with E-state index >= 15 is 0 Å². The highest BCUT2D eigenvalue weighted by Crippen LogP contribution is 2.41. The fourth-order valence-corrected chi connectivity index (χ4v) is 4.39. The van der Waals surface area contributed by atoms with Gasteiger partial charge in [-0.2, -0.15) is 0 Å². The van der Waals surface area contributed by atoms with Crippen LogP contribution >= 0.6 is 11.6 Å². The summed E-state index contributed by atoms with van der Waals surface area (Å²) in [5, 5.41) is 15.0. The lowest BCUT2D eigenvalue weighted by molar-refractivity contribution is -0.0468. The van der Waals surface area contributed by atoms with Crippen LogP contribution in [0, 0.1) is 0 Å². The normalized spacial score (nSPS) is 21.6. The zero-order valence-electron chi connectivity index (χ0n) is 19.3. The number of benzene rings is 1. The molecule has 0 radical (unpaired) electrons. The van der Waals surface area contributed by atoms with Crippen LogP contribution in [-0.4, -0.2) is 39.8 Å². The summed E-state index contributed by atoms with van der Waals surface area (Å²) in [7, 11) is 3.49. The number of aliphatic hydroxyl groups is 1. The summed E-state index contributed by atoms with van der Waals surface area (Å²) >= 11 is 6.46. The van der Waals surface area contributed by atoms with Crippen molar-refractivity contribution in [2.45, 2.75) is 38.5 Å². The second kappa shape index (κ2) is 9.96. The molecule has 1 aromatic heterocycles. The van der Waals surface area contributed by atoms with Gasteiger partial charge in [-0.1, -0.05) is 37.2 Å². The van der Waals surface area contributed by atoms with Crippen LogP contribution in [-0.2, 0) is 11.8 Å². The van der Waals surface area contributed by atoms with E-state index in [4.69, 9.17) is 16.3 Å². The molecule has 3 atom stereocenters. The number of nitrogens with one attached hydrogen (secondary N) is 1. The average Bonchev–Trinajstić information content (AvgIpc) is 3.12. The second-order valence-electron chi connectivity index (χ2n) is 8.21. The van der Waals surface area contributed by atoms with Gasteiger partial charge in [-0.15, -0.1) is 0 Å². The molecule has 0 amide bonds. The molecule has 0 saturated carbocycles. The van der Waals surface area contributed by atoms with Crippen molar-refractivity contribution in [2.75, 3.05) is 13.7 Å². The molecule has 1 heterocycles. The molecule has 1 aliphatic rings. The fourth-order valence-electron chi connectivity index (χ4n) is 4.22. The lowest BCUT2D eigenvalue weighted by atomic mass is 9.88. The largest absolute Gasteiger partial charge is 0.380 e.